The molecule has 0 radical (unpaired) electrons. The normalized spacial score (nSPS) is 23.2. The quantitative estimate of drug-likeness (QED) is 0.105. The molecular formula is C24H32N7O9P. The van der Waals surface area contributed by atoms with Gasteiger partial charge in [-0.1, -0.05) is 35.8 Å². The zero-order valence-electron chi connectivity index (χ0n) is 22.8. The fourth-order valence-corrected chi connectivity index (χ4v) is 4.70. The Hall–Kier alpha value is -3.78. The molecular weight excluding hydrogens is 561 g/mol. The number of hydrogen-bond acceptors (Lipinski definition) is 13. The van der Waals surface area contributed by atoms with Gasteiger partial charge in [-0.05, 0) is 49.9 Å². The molecule has 16 nitrogen and oxygen atoms in total. The van der Waals surface area contributed by atoms with E-state index in [4.69, 9.17) is 24.5 Å². The molecule has 1 aliphatic rings. The molecule has 1 aromatic carbocycles. The number of para-hydroxylation sites is 2. The minimum absolute atomic E-state index is 0.0104. The number of nitrogens with two attached hydrogens (primary N) is 1. The van der Waals surface area contributed by atoms with Gasteiger partial charge in [0.1, 0.15) is 24.6 Å². The average Bonchev–Trinajstić information content (AvgIpc) is 3.12. The van der Waals surface area contributed by atoms with Gasteiger partial charge in [-0.25, -0.2) is 9.59 Å². The second kappa shape index (κ2) is 13.7. The van der Waals surface area contributed by atoms with Crippen molar-refractivity contribution in [3.05, 3.63) is 57.5 Å². The summed E-state index contributed by atoms with van der Waals surface area (Å²) in [4.78, 5) is 43.8. The molecule has 1 aromatic heterocycles. The van der Waals surface area contributed by atoms with Crippen LogP contribution in [0.15, 0.2) is 51.2 Å². The Balaban J connectivity index is 1.83. The van der Waals surface area contributed by atoms with Crippen molar-refractivity contribution in [2.24, 2.45) is 15.8 Å². The van der Waals surface area contributed by atoms with Crippen LogP contribution in [0.2, 0.25) is 0 Å². The summed E-state index contributed by atoms with van der Waals surface area (Å²) in [6.07, 6.45) is -3.96. The molecule has 6 atom stereocenters. The molecule has 41 heavy (non-hydrogen) atoms. The molecule has 1 aliphatic heterocycles. The highest BCUT2D eigenvalue weighted by Gasteiger charge is 2.56. The number of aliphatic hydroxyl groups is 2. The van der Waals surface area contributed by atoms with E-state index in [2.05, 4.69) is 19.8 Å². The summed E-state index contributed by atoms with van der Waals surface area (Å²) in [5.74, 6) is -0.701. The highest BCUT2D eigenvalue weighted by atomic mass is 31.1. The van der Waals surface area contributed by atoms with Gasteiger partial charge in [0.15, 0.2) is 18.0 Å². The molecule has 0 amide bonds. The summed E-state index contributed by atoms with van der Waals surface area (Å²) in [5, 5.41) is 24.9. The maximum Gasteiger partial charge on any atom is 0.395 e. The smallest absolute Gasteiger partial charge is 0.395 e. The second-order valence-corrected chi connectivity index (χ2v) is 10.7. The summed E-state index contributed by atoms with van der Waals surface area (Å²) in [7, 11) is -2.76. The van der Waals surface area contributed by atoms with Crippen LogP contribution in [0.3, 0.4) is 0 Å². The predicted molar refractivity (Wildman–Crippen MR) is 143 cm³/mol. The van der Waals surface area contributed by atoms with Gasteiger partial charge in [-0.3, -0.25) is 9.09 Å². The first-order valence-electron chi connectivity index (χ1n) is 12.6. The molecule has 1 unspecified atom stereocenters. The van der Waals surface area contributed by atoms with E-state index in [0.717, 1.165) is 4.57 Å². The Morgan fingerprint density at radius 3 is 2.59 bits per heavy atom. The van der Waals surface area contributed by atoms with E-state index < -0.39 is 56.6 Å². The van der Waals surface area contributed by atoms with Gasteiger partial charge in [0.05, 0.1) is 6.10 Å². The molecule has 2 aromatic rings. The summed E-state index contributed by atoms with van der Waals surface area (Å²) < 4.78 is 27.0. The topological polar surface area (TPSA) is 240 Å². The Morgan fingerprint density at radius 2 is 1.98 bits per heavy atom. The first kappa shape index (κ1) is 31.7. The number of hydrogen-bond donors (Lipinski definition) is 3. The number of rotatable bonds is 12. The van der Waals surface area contributed by atoms with Crippen molar-refractivity contribution in [1.82, 2.24) is 9.55 Å². The van der Waals surface area contributed by atoms with Crippen molar-refractivity contribution in [2.75, 3.05) is 12.3 Å². The van der Waals surface area contributed by atoms with Crippen LogP contribution in [0, 0.1) is 5.92 Å². The maximum absolute atomic E-state index is 12.8. The first-order chi connectivity index (χ1) is 19.4. The van der Waals surface area contributed by atoms with Gasteiger partial charge in [-0.2, -0.15) is 4.98 Å². The molecule has 222 valence electrons. The van der Waals surface area contributed by atoms with E-state index in [0.29, 0.717) is 0 Å². The minimum Gasteiger partial charge on any atom is -0.575 e. The zero-order chi connectivity index (χ0) is 30.3. The fourth-order valence-electron chi connectivity index (χ4n) is 3.91. The molecule has 0 spiro atoms. The Morgan fingerprint density at radius 1 is 1.29 bits per heavy atom. The number of anilines is 1. The van der Waals surface area contributed by atoms with Crippen molar-refractivity contribution in [3.8, 4) is 11.5 Å². The minimum atomic E-state index is -2.76. The lowest BCUT2D eigenvalue weighted by molar-refractivity contribution is -0.170. The van der Waals surface area contributed by atoms with Crippen LogP contribution in [0.5, 0.6) is 11.5 Å². The summed E-state index contributed by atoms with van der Waals surface area (Å²) in [5.41, 5.74) is 11.6. The highest BCUT2D eigenvalue weighted by Crippen LogP contribution is 2.40. The molecule has 0 saturated carbocycles. The third kappa shape index (κ3) is 7.91. The number of benzene rings is 1. The zero-order valence-corrected chi connectivity index (χ0v) is 23.7. The lowest BCUT2D eigenvalue weighted by Crippen LogP contribution is -2.46. The number of aromatic nitrogens is 2. The van der Waals surface area contributed by atoms with Crippen LogP contribution in [0.4, 0.5) is 5.82 Å². The molecule has 3 rings (SSSR count). The van der Waals surface area contributed by atoms with E-state index in [1.54, 1.807) is 26.0 Å². The number of nitrogens with zero attached hydrogens (tertiary/aromatic N) is 6. The Kier molecular flexibility index (Phi) is 10.6. The number of esters is 1. The molecule has 17 heteroatoms. The largest absolute Gasteiger partial charge is 0.575 e. The van der Waals surface area contributed by atoms with E-state index in [1.165, 1.54) is 24.4 Å². The van der Waals surface area contributed by atoms with Gasteiger partial charge in [0, 0.05) is 11.1 Å². The number of carbonyl (C=O) groups excluding carboxylic acids is 1. The standard InChI is InChI=1S/C24H32N7O9P/c1-13(2)11-15(22(34)38-14(3)4)28-41(36)40-17-8-6-5-7-16(17)37-12-24(29-30-26)20(33)19(32)21(39-24)31-10-9-18(25)27-23(31)35/h5-10,13-15,19-21,32-33H,11-12H2,1-4H3,(H2,25,27,35)/t15-,19+,20-,21+,24+/m0/s1. The van der Waals surface area contributed by atoms with Crippen molar-refractivity contribution in [1.29, 1.82) is 0 Å². The number of ether oxygens (including phenoxy) is 3. The SMILES string of the molecule is CC(C)C[C@H](N=[P+]([O-])Oc1ccccc1OC[C@@]1(N=[N+]=[N-])O[C@@H](n2ccc(N)nc2=O)[C@H](O)[C@@H]1O)C(=O)OC(C)C. The second-order valence-electron chi connectivity index (χ2n) is 9.83. The summed E-state index contributed by atoms with van der Waals surface area (Å²) in [6.45, 7) is 6.48. The van der Waals surface area contributed by atoms with Gasteiger partial charge >= 0.3 is 19.8 Å². The monoisotopic (exact) mass is 593 g/mol. The van der Waals surface area contributed by atoms with Crippen molar-refractivity contribution in [3.63, 3.8) is 0 Å². The van der Waals surface area contributed by atoms with Crippen molar-refractivity contribution >= 4 is 20.0 Å². The van der Waals surface area contributed by atoms with Crippen LogP contribution in [0.1, 0.15) is 40.3 Å². The number of nitrogen functional groups attached to an aromatic ring is 1. The molecule has 4 N–H and O–H groups in total. The number of aliphatic hydroxyl groups excluding tert-OH is 2. The molecule has 2 heterocycles. The summed E-state index contributed by atoms with van der Waals surface area (Å²) in [6, 6.07) is 6.25. The third-order valence-electron chi connectivity index (χ3n) is 5.75. The average molecular weight is 594 g/mol. The maximum atomic E-state index is 12.8. The van der Waals surface area contributed by atoms with E-state index in [9.17, 15) is 30.2 Å². The highest BCUT2D eigenvalue weighted by molar-refractivity contribution is 7.34. The summed E-state index contributed by atoms with van der Waals surface area (Å²) >= 11 is 0. The third-order valence-corrected chi connectivity index (χ3v) is 6.57. The predicted octanol–water partition coefficient (Wildman–Crippen LogP) is 1.76. The van der Waals surface area contributed by atoms with Crippen LogP contribution in [-0.4, -0.2) is 62.4 Å². The van der Waals surface area contributed by atoms with Crippen LogP contribution in [-0.2, 0) is 14.3 Å². The van der Waals surface area contributed by atoms with Crippen LogP contribution < -0.4 is 25.6 Å². The lowest BCUT2D eigenvalue weighted by atomic mass is 10.1. The first-order valence-corrected chi connectivity index (χ1v) is 13.7. The van der Waals surface area contributed by atoms with Gasteiger partial charge in [0.25, 0.3) is 0 Å². The van der Waals surface area contributed by atoms with Gasteiger partial charge in [-0.15, -0.1) is 0 Å². The van der Waals surface area contributed by atoms with Crippen LogP contribution in [0.25, 0.3) is 10.4 Å². The Bertz CT molecular complexity index is 1360. The van der Waals surface area contributed by atoms with Crippen molar-refractivity contribution < 1.29 is 38.6 Å². The number of carbonyl (C=O) groups is 1. The number of azide groups is 1. The Labute approximate surface area is 235 Å². The van der Waals surface area contributed by atoms with Gasteiger partial charge in [0.2, 0.25) is 11.5 Å². The lowest BCUT2D eigenvalue weighted by Gasteiger charge is -2.26. The van der Waals surface area contributed by atoms with E-state index in [-0.39, 0.29) is 35.8 Å². The molecule has 0 aliphatic carbocycles. The fraction of sp³-hybridized carbons (Fsp3) is 0.542. The van der Waals surface area contributed by atoms with Crippen molar-refractivity contribution in [2.45, 2.75) is 70.4 Å². The molecule has 0 bridgehead atoms. The molecule has 1 fully saturated rings. The molecule has 1 saturated heterocycles. The van der Waals surface area contributed by atoms with Crippen LogP contribution >= 0.6 is 8.17 Å². The van der Waals surface area contributed by atoms with Gasteiger partial charge < -0.3 is 35.1 Å². The van der Waals surface area contributed by atoms with E-state index in [1.807, 2.05) is 13.8 Å². The van der Waals surface area contributed by atoms with E-state index >= 15 is 0 Å².